The van der Waals surface area contributed by atoms with E-state index in [1.807, 2.05) is 71.6 Å². The highest BCUT2D eigenvalue weighted by molar-refractivity contribution is 5.74. The van der Waals surface area contributed by atoms with Crippen molar-refractivity contribution in [3.8, 4) is 0 Å². The van der Waals surface area contributed by atoms with Crippen LogP contribution in [-0.4, -0.2) is 191 Å². The van der Waals surface area contributed by atoms with E-state index in [0.717, 1.165) is 18.7 Å². The zero-order valence-corrected chi connectivity index (χ0v) is 35.9. The number of hydrogen-bond acceptors (Lipinski definition) is 15. The van der Waals surface area contributed by atoms with E-state index in [0.29, 0.717) is 84.5 Å². The number of carbonyl (C=O) groups is 2. The average molecular weight is 884 g/mol. The van der Waals surface area contributed by atoms with Gasteiger partial charge in [0.25, 0.3) is 0 Å². The molecule has 17 nitrogen and oxygen atoms in total. The lowest BCUT2D eigenvalue weighted by atomic mass is 10.0. The van der Waals surface area contributed by atoms with Crippen LogP contribution in [-0.2, 0) is 29.2 Å². The monoisotopic (exact) mass is 883 g/mol. The Hall–Kier alpha value is -3.92. The molecular formula is C46H69N5O12. The maximum Gasteiger partial charge on any atom is 0.321 e. The topological polar surface area (TPSA) is 270 Å². The van der Waals surface area contributed by atoms with Crippen LogP contribution >= 0.6 is 0 Å². The number of benzene rings is 3. The Balaban J connectivity index is 0.000000177. The molecule has 3 aromatic carbocycles. The van der Waals surface area contributed by atoms with Crippen LogP contribution in [0.3, 0.4) is 0 Å². The van der Waals surface area contributed by atoms with Crippen molar-refractivity contribution in [3.63, 3.8) is 0 Å². The third-order valence-electron chi connectivity index (χ3n) is 11.3. The van der Waals surface area contributed by atoms with Gasteiger partial charge in [0.05, 0.1) is 49.3 Å². The molecule has 12 N–H and O–H groups in total. The van der Waals surface area contributed by atoms with Crippen molar-refractivity contribution in [2.24, 2.45) is 0 Å². The molecule has 0 amide bonds. The van der Waals surface area contributed by atoms with Crippen molar-refractivity contribution in [2.45, 2.75) is 113 Å². The van der Waals surface area contributed by atoms with Gasteiger partial charge in [0.2, 0.25) is 0 Å². The summed E-state index contributed by atoms with van der Waals surface area (Å²) in [6.45, 7) is 6.38. The smallest absolute Gasteiger partial charge is 0.321 e. The summed E-state index contributed by atoms with van der Waals surface area (Å²) >= 11 is 0. The van der Waals surface area contributed by atoms with Gasteiger partial charge in [-0.25, -0.2) is 0 Å². The molecule has 8 rings (SSSR count). The second-order valence-electron chi connectivity index (χ2n) is 16.9. The fourth-order valence-corrected chi connectivity index (χ4v) is 8.19. The Morgan fingerprint density at radius 2 is 0.921 bits per heavy atom. The van der Waals surface area contributed by atoms with E-state index in [9.17, 15) is 35.1 Å². The molecule has 0 unspecified atom stereocenters. The van der Waals surface area contributed by atoms with Crippen molar-refractivity contribution in [1.82, 2.24) is 25.3 Å². The molecule has 0 saturated carbocycles. The number of aliphatic carboxylic acids is 2. The highest BCUT2D eigenvalue weighted by Crippen LogP contribution is 2.22. The number of nitrogens with one attached hydrogen (secondary N) is 2. The van der Waals surface area contributed by atoms with E-state index in [4.69, 9.17) is 25.5 Å². The number of aliphatic hydroxyl groups is 8. The molecule has 0 aromatic heterocycles. The third kappa shape index (κ3) is 19.4. The highest BCUT2D eigenvalue weighted by Gasteiger charge is 2.36. The summed E-state index contributed by atoms with van der Waals surface area (Å²) in [5.41, 5.74) is 3.52. The van der Waals surface area contributed by atoms with Gasteiger partial charge in [-0.15, -0.1) is 0 Å². The molecule has 5 saturated heterocycles. The number of carboxylic acid groups (broad SMARTS) is 2. The number of aliphatic hydroxyl groups excluding tert-OH is 8. The van der Waals surface area contributed by atoms with E-state index < -0.39 is 48.4 Å². The van der Waals surface area contributed by atoms with Crippen LogP contribution in [0.5, 0.6) is 0 Å². The van der Waals surface area contributed by atoms with Crippen LogP contribution in [0.25, 0.3) is 0 Å². The standard InChI is InChI=1S/C12H15NO3.2C12H17NO2.C5H9NO3.C5H11NO2/c14-10-6-11(12(15)16)13(8-10)7-9-4-2-1-3-5-9;14-9-11-6-12(15)8-13(11)7-10-4-2-1-3-5-10;14-11-6-12(15)9-13(8-11)7-10-4-2-1-3-5-10;7-3-1-4(5(8)9)6-2-3;7-4-1-5(8)3-6-2-4/h1-5,10-11,14H,6-8H2,(H,15,16);2*1-5,11-12,14-15H,6-9H2;3-4,6-7H,1-2H2,(H,8,9);4-8H,1-3H2/t10-,11-;11-,12-;11-,12+;3-,4-;4-,5+/m11.1./s1. The van der Waals surface area contributed by atoms with Gasteiger partial charge in [-0.05, 0) is 23.1 Å². The van der Waals surface area contributed by atoms with Crippen LogP contribution in [0.15, 0.2) is 91.0 Å². The largest absolute Gasteiger partial charge is 0.480 e. The molecule has 5 aliphatic rings. The molecule has 5 heterocycles. The van der Waals surface area contributed by atoms with Gasteiger partial charge >= 0.3 is 11.9 Å². The number of nitrogens with zero attached hydrogens (tertiary/aromatic N) is 3. The Morgan fingerprint density at radius 1 is 0.492 bits per heavy atom. The number of likely N-dealkylation sites (tertiary alicyclic amines) is 3. The molecule has 63 heavy (non-hydrogen) atoms. The van der Waals surface area contributed by atoms with Crippen LogP contribution in [0.4, 0.5) is 0 Å². The van der Waals surface area contributed by atoms with E-state index in [1.54, 1.807) is 0 Å². The number of piperidine rings is 2. The Morgan fingerprint density at radius 3 is 1.33 bits per heavy atom. The van der Waals surface area contributed by atoms with Gasteiger partial charge in [0, 0.05) is 97.2 Å². The van der Waals surface area contributed by atoms with Crippen LogP contribution in [0, 0.1) is 0 Å². The molecule has 0 aliphatic carbocycles. The van der Waals surface area contributed by atoms with Crippen molar-refractivity contribution < 1.29 is 60.7 Å². The first-order chi connectivity index (χ1) is 30.2. The average Bonchev–Trinajstić information content (AvgIpc) is 3.96. The van der Waals surface area contributed by atoms with Gasteiger partial charge in [0.15, 0.2) is 0 Å². The SMILES string of the molecule is O=C(O)[C@H]1C[C@@H](O)CN1.O=C(O)[C@H]1C[C@@H](O)CN1Cc1ccccc1.OC[C@H]1C[C@@H](O)CN1Cc1ccccc1.O[C@@H]1CNC[C@H](O)C1.O[C@@H]1C[C@H](O)CN(Cc2ccccc2)C1. The fraction of sp³-hybridized carbons (Fsp3) is 0.565. The zero-order valence-electron chi connectivity index (χ0n) is 35.9. The summed E-state index contributed by atoms with van der Waals surface area (Å²) in [5, 5.41) is 96.7. The summed E-state index contributed by atoms with van der Waals surface area (Å²) in [7, 11) is 0. The summed E-state index contributed by atoms with van der Waals surface area (Å²) < 4.78 is 0. The number of rotatable bonds is 9. The summed E-state index contributed by atoms with van der Waals surface area (Å²) in [6.07, 6.45) is -0.409. The van der Waals surface area contributed by atoms with Gasteiger partial charge < -0.3 is 61.7 Å². The van der Waals surface area contributed by atoms with Crippen LogP contribution in [0.1, 0.15) is 48.8 Å². The minimum absolute atomic E-state index is 0.111. The van der Waals surface area contributed by atoms with Gasteiger partial charge in [-0.2, -0.15) is 0 Å². The predicted molar refractivity (Wildman–Crippen MR) is 235 cm³/mol. The Labute approximate surface area is 369 Å². The van der Waals surface area contributed by atoms with E-state index in [-0.39, 0.29) is 31.0 Å². The number of hydrogen-bond donors (Lipinski definition) is 12. The van der Waals surface area contributed by atoms with Crippen molar-refractivity contribution >= 4 is 11.9 Å². The van der Waals surface area contributed by atoms with Crippen molar-refractivity contribution in [1.29, 1.82) is 0 Å². The Bertz CT molecular complexity index is 1700. The first-order valence-electron chi connectivity index (χ1n) is 21.8. The molecule has 3 aromatic rings. The van der Waals surface area contributed by atoms with Crippen LogP contribution in [0.2, 0.25) is 0 Å². The summed E-state index contributed by atoms with van der Waals surface area (Å²) in [5.74, 6) is -1.74. The van der Waals surface area contributed by atoms with Crippen molar-refractivity contribution in [2.75, 3.05) is 52.4 Å². The molecular weight excluding hydrogens is 815 g/mol. The minimum atomic E-state index is -0.883. The predicted octanol–water partition coefficient (Wildman–Crippen LogP) is -0.570. The molecule has 350 valence electrons. The second kappa shape index (κ2) is 27.4. The van der Waals surface area contributed by atoms with Gasteiger partial charge in [0.1, 0.15) is 12.1 Å². The lowest BCUT2D eigenvalue weighted by Crippen LogP contribution is -2.45. The summed E-state index contributed by atoms with van der Waals surface area (Å²) in [4.78, 5) is 27.2. The Kier molecular flexibility index (Phi) is 22.5. The maximum absolute atomic E-state index is 11.0. The molecule has 5 fully saturated rings. The molecule has 0 spiro atoms. The number of carboxylic acids is 2. The highest BCUT2D eigenvalue weighted by atomic mass is 16.4. The summed E-state index contributed by atoms with van der Waals surface area (Å²) in [6, 6.07) is 29.0. The van der Waals surface area contributed by atoms with Gasteiger partial charge in [-0.3, -0.25) is 24.3 Å². The zero-order chi connectivity index (χ0) is 45.7. The second-order valence-corrected chi connectivity index (χ2v) is 16.9. The van der Waals surface area contributed by atoms with E-state index in [1.165, 1.54) is 11.1 Å². The van der Waals surface area contributed by atoms with E-state index in [2.05, 4.69) is 44.7 Å². The molecule has 0 bridgehead atoms. The first-order valence-corrected chi connectivity index (χ1v) is 21.8. The van der Waals surface area contributed by atoms with Gasteiger partial charge in [-0.1, -0.05) is 91.0 Å². The minimum Gasteiger partial charge on any atom is -0.480 e. The number of β-amino-alcohol motifs (C(OH)–C–C–N with tert-alkyl or cyclic N) is 7. The molecule has 17 heteroatoms. The molecule has 0 radical (unpaired) electrons. The maximum atomic E-state index is 11.0. The lowest BCUT2D eigenvalue weighted by molar-refractivity contribution is -0.142. The third-order valence-corrected chi connectivity index (χ3v) is 11.3. The van der Waals surface area contributed by atoms with Crippen molar-refractivity contribution in [3.05, 3.63) is 108 Å². The fourth-order valence-electron chi connectivity index (χ4n) is 8.19. The first kappa shape index (κ1) is 51.7. The van der Waals surface area contributed by atoms with Crippen LogP contribution < -0.4 is 10.6 Å². The lowest BCUT2D eigenvalue weighted by Gasteiger charge is -2.33. The molecule has 10 atom stereocenters. The quantitative estimate of drug-likeness (QED) is 0.128. The normalized spacial score (nSPS) is 29.7. The van der Waals surface area contributed by atoms with E-state index >= 15 is 0 Å². The molecule has 5 aliphatic heterocycles.